The van der Waals surface area contributed by atoms with Crippen molar-refractivity contribution in [2.24, 2.45) is 0 Å². The van der Waals surface area contributed by atoms with Crippen molar-refractivity contribution < 1.29 is 4.79 Å². The summed E-state index contributed by atoms with van der Waals surface area (Å²) >= 11 is 0. The summed E-state index contributed by atoms with van der Waals surface area (Å²) in [5.74, 6) is 1.53. The van der Waals surface area contributed by atoms with Gasteiger partial charge in [-0.1, -0.05) is 6.07 Å². The van der Waals surface area contributed by atoms with Crippen molar-refractivity contribution in [3.05, 3.63) is 47.9 Å². The van der Waals surface area contributed by atoms with Crippen LogP contribution in [0, 0.1) is 6.92 Å². The van der Waals surface area contributed by atoms with Crippen LogP contribution in [-0.2, 0) is 0 Å². The van der Waals surface area contributed by atoms with Crippen molar-refractivity contribution in [3.63, 3.8) is 0 Å². The number of nitrogens with one attached hydrogen (secondary N) is 1. The number of nitrogens with zero attached hydrogens (tertiary/aromatic N) is 8. The van der Waals surface area contributed by atoms with Gasteiger partial charge in [0.15, 0.2) is 0 Å². The van der Waals surface area contributed by atoms with Gasteiger partial charge in [-0.15, -0.1) is 5.10 Å². The predicted octanol–water partition coefficient (Wildman–Crippen LogP) is 1.15. The van der Waals surface area contributed by atoms with Gasteiger partial charge >= 0.3 is 0 Å². The van der Waals surface area contributed by atoms with E-state index in [0.29, 0.717) is 37.7 Å². The van der Waals surface area contributed by atoms with Crippen LogP contribution in [0.3, 0.4) is 0 Å². The van der Waals surface area contributed by atoms with Crippen molar-refractivity contribution >= 4 is 17.7 Å². The zero-order chi connectivity index (χ0) is 20.2. The van der Waals surface area contributed by atoms with E-state index < -0.39 is 0 Å². The Hall–Kier alpha value is -3.56. The molecule has 1 saturated heterocycles. The molecule has 3 heterocycles. The van der Waals surface area contributed by atoms with Gasteiger partial charge in [0.2, 0.25) is 5.95 Å². The average molecular weight is 393 g/mol. The number of benzene rings is 1. The summed E-state index contributed by atoms with van der Waals surface area (Å²) < 4.78 is 1.53. The molecule has 0 atom stereocenters. The number of rotatable bonds is 5. The molecule has 1 fully saturated rings. The van der Waals surface area contributed by atoms with Crippen molar-refractivity contribution in [1.82, 2.24) is 35.1 Å². The molecule has 1 aliphatic rings. The monoisotopic (exact) mass is 393 g/mol. The van der Waals surface area contributed by atoms with E-state index in [1.54, 1.807) is 6.07 Å². The minimum Gasteiger partial charge on any atom is -0.370 e. The van der Waals surface area contributed by atoms with Gasteiger partial charge < -0.3 is 15.1 Å². The maximum Gasteiger partial charge on any atom is 0.254 e. The Morgan fingerprint density at radius 2 is 1.97 bits per heavy atom. The third-order valence-electron chi connectivity index (χ3n) is 4.76. The fourth-order valence-electron chi connectivity index (χ4n) is 3.32. The second-order valence-corrected chi connectivity index (χ2v) is 6.81. The standard InChI is InChI=1S/C19H23N9O/c1-3-20-17-11-14(2)22-19(23-17)27-9-7-26(8-10-27)18(29)15-5-4-6-16(12-15)28-13-21-24-25-28/h4-6,11-13H,3,7-10H2,1-2H3,(H,20,22,23). The second kappa shape index (κ2) is 8.21. The Morgan fingerprint density at radius 1 is 1.14 bits per heavy atom. The molecule has 0 aliphatic carbocycles. The molecule has 0 radical (unpaired) electrons. The maximum atomic E-state index is 13.0. The summed E-state index contributed by atoms with van der Waals surface area (Å²) in [5.41, 5.74) is 2.29. The van der Waals surface area contributed by atoms with Gasteiger partial charge in [-0.3, -0.25) is 4.79 Å². The smallest absolute Gasteiger partial charge is 0.254 e. The largest absolute Gasteiger partial charge is 0.370 e. The molecule has 10 nitrogen and oxygen atoms in total. The molecule has 1 aliphatic heterocycles. The first-order chi connectivity index (χ1) is 14.1. The molecule has 0 unspecified atom stereocenters. The van der Waals surface area contributed by atoms with Gasteiger partial charge in [-0.05, 0) is 42.5 Å². The molecule has 10 heteroatoms. The third-order valence-corrected chi connectivity index (χ3v) is 4.76. The highest BCUT2D eigenvalue weighted by Gasteiger charge is 2.24. The number of carbonyl (C=O) groups is 1. The van der Waals surface area contributed by atoms with Crippen LogP contribution in [0.25, 0.3) is 5.69 Å². The predicted molar refractivity (Wildman–Crippen MR) is 108 cm³/mol. The van der Waals surface area contributed by atoms with Crippen LogP contribution in [0.2, 0.25) is 0 Å². The molecule has 0 saturated carbocycles. The number of hydrogen-bond donors (Lipinski definition) is 1. The number of anilines is 2. The Kier molecular flexibility index (Phi) is 5.32. The van der Waals surface area contributed by atoms with Crippen LogP contribution in [0.4, 0.5) is 11.8 Å². The van der Waals surface area contributed by atoms with Gasteiger partial charge in [-0.25, -0.2) is 9.67 Å². The van der Waals surface area contributed by atoms with Crippen LogP contribution in [0.1, 0.15) is 23.0 Å². The summed E-state index contributed by atoms with van der Waals surface area (Å²) in [6.45, 7) is 7.41. The first-order valence-corrected chi connectivity index (χ1v) is 9.61. The van der Waals surface area contributed by atoms with Gasteiger partial charge in [0.1, 0.15) is 12.1 Å². The second-order valence-electron chi connectivity index (χ2n) is 6.81. The molecule has 1 N–H and O–H groups in total. The Balaban J connectivity index is 1.43. The number of carbonyl (C=O) groups excluding carboxylic acids is 1. The van der Waals surface area contributed by atoms with Gasteiger partial charge in [0, 0.05) is 50.0 Å². The lowest BCUT2D eigenvalue weighted by Crippen LogP contribution is -2.49. The van der Waals surface area contributed by atoms with E-state index in [1.165, 1.54) is 11.0 Å². The zero-order valence-corrected chi connectivity index (χ0v) is 16.5. The SMILES string of the molecule is CCNc1cc(C)nc(N2CCN(C(=O)c3cccc(-n4cnnn4)c3)CC2)n1. The molecule has 0 bridgehead atoms. The number of tetrazole rings is 1. The van der Waals surface area contributed by atoms with Crippen LogP contribution >= 0.6 is 0 Å². The van der Waals surface area contributed by atoms with Crippen molar-refractivity contribution in [2.45, 2.75) is 13.8 Å². The van der Waals surface area contributed by atoms with E-state index in [-0.39, 0.29) is 5.91 Å². The first-order valence-electron chi connectivity index (χ1n) is 9.61. The number of aryl methyl sites for hydroxylation is 1. The van der Waals surface area contributed by atoms with E-state index in [4.69, 9.17) is 0 Å². The zero-order valence-electron chi connectivity index (χ0n) is 16.5. The van der Waals surface area contributed by atoms with Crippen molar-refractivity contribution in [1.29, 1.82) is 0 Å². The summed E-state index contributed by atoms with van der Waals surface area (Å²) in [5, 5.41) is 14.4. The third kappa shape index (κ3) is 4.15. The fraction of sp³-hybridized carbons (Fsp3) is 0.368. The molecule has 0 spiro atoms. The van der Waals surface area contributed by atoms with Gasteiger partial charge in [0.05, 0.1) is 5.69 Å². The first kappa shape index (κ1) is 18.8. The highest BCUT2D eigenvalue weighted by atomic mass is 16.2. The number of piperazine rings is 1. The van der Waals surface area contributed by atoms with Crippen LogP contribution < -0.4 is 10.2 Å². The lowest BCUT2D eigenvalue weighted by atomic mass is 10.1. The molecular weight excluding hydrogens is 370 g/mol. The lowest BCUT2D eigenvalue weighted by molar-refractivity contribution is 0.0746. The molecule has 29 heavy (non-hydrogen) atoms. The van der Waals surface area contributed by atoms with E-state index in [0.717, 1.165) is 23.7 Å². The summed E-state index contributed by atoms with van der Waals surface area (Å²) in [7, 11) is 0. The minimum absolute atomic E-state index is 0.00178. The van der Waals surface area contributed by atoms with E-state index in [1.807, 2.05) is 43.0 Å². The fourth-order valence-corrected chi connectivity index (χ4v) is 3.32. The van der Waals surface area contributed by atoms with Gasteiger partial charge in [-0.2, -0.15) is 4.98 Å². The van der Waals surface area contributed by atoms with Crippen molar-refractivity contribution in [2.75, 3.05) is 42.9 Å². The Morgan fingerprint density at radius 3 is 2.69 bits per heavy atom. The Bertz CT molecular complexity index is 981. The summed E-state index contributed by atoms with van der Waals surface area (Å²) in [4.78, 5) is 26.1. The molecule has 150 valence electrons. The van der Waals surface area contributed by atoms with E-state index >= 15 is 0 Å². The van der Waals surface area contributed by atoms with Gasteiger partial charge in [0.25, 0.3) is 5.91 Å². The topological polar surface area (TPSA) is 105 Å². The molecule has 1 amide bonds. The molecule has 3 aromatic rings. The number of aromatic nitrogens is 6. The molecule has 4 rings (SSSR count). The maximum absolute atomic E-state index is 13.0. The van der Waals surface area contributed by atoms with Crippen LogP contribution in [-0.4, -0.2) is 73.7 Å². The molecule has 1 aromatic carbocycles. The molecule has 2 aromatic heterocycles. The number of hydrogen-bond acceptors (Lipinski definition) is 8. The summed E-state index contributed by atoms with van der Waals surface area (Å²) in [6, 6.07) is 9.25. The minimum atomic E-state index is -0.00178. The van der Waals surface area contributed by atoms with E-state index in [2.05, 4.69) is 35.7 Å². The van der Waals surface area contributed by atoms with E-state index in [9.17, 15) is 4.79 Å². The lowest BCUT2D eigenvalue weighted by Gasteiger charge is -2.35. The number of amides is 1. The molecular formula is C19H23N9O. The normalized spacial score (nSPS) is 14.1. The Labute approximate surface area is 168 Å². The average Bonchev–Trinajstić information content (AvgIpc) is 3.28. The quantitative estimate of drug-likeness (QED) is 0.688. The van der Waals surface area contributed by atoms with Crippen LogP contribution in [0.5, 0.6) is 0 Å². The highest BCUT2D eigenvalue weighted by Crippen LogP contribution is 2.17. The summed E-state index contributed by atoms with van der Waals surface area (Å²) in [6.07, 6.45) is 1.51. The highest BCUT2D eigenvalue weighted by molar-refractivity contribution is 5.95. The van der Waals surface area contributed by atoms with Crippen molar-refractivity contribution in [3.8, 4) is 5.69 Å². The van der Waals surface area contributed by atoms with Crippen LogP contribution in [0.15, 0.2) is 36.7 Å².